The molecule has 4 rings (SSSR count). The van der Waals surface area contributed by atoms with E-state index >= 15 is 0 Å². The Kier molecular flexibility index (Phi) is 7.19. The van der Waals surface area contributed by atoms with E-state index in [2.05, 4.69) is 84.9 Å². The first-order valence-corrected chi connectivity index (χ1v) is 13.0. The normalized spacial score (nSPS) is 11.7. The topological polar surface area (TPSA) is 18.5 Å². The van der Waals surface area contributed by atoms with Crippen molar-refractivity contribution in [1.82, 2.24) is 0 Å². The van der Waals surface area contributed by atoms with Crippen molar-refractivity contribution >= 4 is 23.2 Å². The minimum atomic E-state index is -2.48. The third-order valence-corrected chi connectivity index (χ3v) is 10.7. The van der Waals surface area contributed by atoms with Crippen LogP contribution < -0.4 is 25.4 Å². The van der Waals surface area contributed by atoms with E-state index in [1.165, 1.54) is 21.5 Å². The summed E-state index contributed by atoms with van der Waals surface area (Å²) in [6, 6.07) is 38.0. The SMILES string of the molecule is COc1ccc(C[PH](c2ccccc2)(c2ccccc2)c2cccc(OCC[18F])c2)cc1. The van der Waals surface area contributed by atoms with Crippen molar-refractivity contribution in [3.63, 3.8) is 0 Å². The molecule has 0 saturated heterocycles. The molecule has 0 aliphatic rings. The predicted octanol–water partition coefficient (Wildman–Crippen LogP) is 5.27. The molecule has 0 aliphatic heterocycles. The van der Waals surface area contributed by atoms with Gasteiger partial charge in [-0.25, -0.2) is 0 Å². The van der Waals surface area contributed by atoms with Gasteiger partial charge in [-0.05, 0) is 0 Å². The van der Waals surface area contributed by atoms with Gasteiger partial charge in [-0.2, -0.15) is 0 Å². The second-order valence-electron chi connectivity index (χ2n) is 7.73. The molecule has 0 heterocycles. The fourth-order valence-corrected chi connectivity index (χ4v) is 9.06. The van der Waals surface area contributed by atoms with Crippen LogP contribution in [0, 0.1) is 0 Å². The van der Waals surface area contributed by atoms with E-state index in [0.29, 0.717) is 5.75 Å². The summed E-state index contributed by atoms with van der Waals surface area (Å²) in [6.45, 7) is -0.441. The van der Waals surface area contributed by atoms with E-state index < -0.39 is 13.9 Å². The van der Waals surface area contributed by atoms with Crippen molar-refractivity contribution in [2.75, 3.05) is 20.4 Å². The fraction of sp³-hybridized carbons (Fsp3) is 0.143. The number of benzene rings is 4. The Morgan fingerprint density at radius 2 is 1.25 bits per heavy atom. The number of rotatable bonds is 9. The summed E-state index contributed by atoms with van der Waals surface area (Å²) in [6.07, 6.45) is 0.886. The van der Waals surface area contributed by atoms with Gasteiger partial charge in [0.15, 0.2) is 0 Å². The van der Waals surface area contributed by atoms with Gasteiger partial charge in [0.1, 0.15) is 0 Å². The fourth-order valence-electron chi connectivity index (χ4n) is 4.31. The molecule has 164 valence electrons. The Morgan fingerprint density at radius 1 is 0.656 bits per heavy atom. The Balaban J connectivity index is 1.93. The maximum atomic E-state index is 12.8. The zero-order chi connectivity index (χ0) is 22.2. The molecular weight excluding hydrogens is 417 g/mol. The summed E-state index contributed by atoms with van der Waals surface area (Å²) >= 11 is 0. The van der Waals surface area contributed by atoms with Gasteiger partial charge in [0, 0.05) is 0 Å². The molecule has 4 aromatic rings. The molecule has 0 N–H and O–H groups in total. The van der Waals surface area contributed by atoms with Crippen LogP contribution in [0.1, 0.15) is 5.56 Å². The van der Waals surface area contributed by atoms with Crippen LogP contribution in [0.25, 0.3) is 0 Å². The second kappa shape index (κ2) is 10.4. The minimum absolute atomic E-state index is 0.0627. The van der Waals surface area contributed by atoms with Gasteiger partial charge in [-0.15, -0.1) is 0 Å². The van der Waals surface area contributed by atoms with Crippen LogP contribution in [0.3, 0.4) is 0 Å². The molecule has 0 bridgehead atoms. The molecular formula is C28H28FO2P. The molecule has 0 aliphatic carbocycles. The summed E-state index contributed by atoms with van der Waals surface area (Å²) in [5.74, 6) is 1.56. The number of hydrogen-bond acceptors (Lipinski definition) is 2. The zero-order valence-corrected chi connectivity index (χ0v) is 19.2. The molecule has 2 nitrogen and oxygen atoms in total. The quantitative estimate of drug-likeness (QED) is 0.327. The van der Waals surface area contributed by atoms with Crippen LogP contribution in [-0.2, 0) is 6.16 Å². The van der Waals surface area contributed by atoms with Crippen LogP contribution in [0.2, 0.25) is 0 Å². The third-order valence-electron chi connectivity index (χ3n) is 5.83. The standard InChI is InChI=1S/C28H28FO2P/c1-30-24-17-15-23(16-18-24)22-32(26-10-4-2-5-11-26,27-12-6-3-7-13-27)28-14-8-9-25(21-28)31-20-19-29/h2-18,21,32H,19-20,22H2,1H3/i29-1. The van der Waals surface area contributed by atoms with Crippen molar-refractivity contribution in [3.8, 4) is 11.5 Å². The van der Waals surface area contributed by atoms with Gasteiger partial charge in [-0.3, -0.25) is 0 Å². The molecule has 4 aromatic carbocycles. The van der Waals surface area contributed by atoms with E-state index in [1.54, 1.807) is 7.11 Å². The molecule has 32 heavy (non-hydrogen) atoms. The van der Waals surface area contributed by atoms with Crippen molar-refractivity contribution in [2.24, 2.45) is 0 Å². The summed E-state index contributed by atoms with van der Waals surface area (Å²) in [5, 5.41) is 3.89. The predicted molar refractivity (Wildman–Crippen MR) is 135 cm³/mol. The molecule has 4 heteroatoms. The molecule has 0 fully saturated rings. The molecule has 0 aromatic heterocycles. The Morgan fingerprint density at radius 3 is 1.81 bits per heavy atom. The number of methoxy groups -OCH3 is 1. The van der Waals surface area contributed by atoms with Crippen LogP contribution >= 0.6 is 7.26 Å². The number of alkyl halides is 1. The molecule has 0 spiro atoms. The number of ether oxygens (including phenoxy) is 2. The van der Waals surface area contributed by atoms with Crippen molar-refractivity contribution in [3.05, 3.63) is 115 Å². The van der Waals surface area contributed by atoms with E-state index in [4.69, 9.17) is 9.47 Å². The third kappa shape index (κ3) is 4.69. The van der Waals surface area contributed by atoms with E-state index in [9.17, 15) is 4.39 Å². The zero-order valence-electron chi connectivity index (χ0n) is 18.2. The molecule has 0 saturated carbocycles. The molecule has 0 unspecified atom stereocenters. The van der Waals surface area contributed by atoms with Gasteiger partial charge < -0.3 is 0 Å². The van der Waals surface area contributed by atoms with Gasteiger partial charge in [0.2, 0.25) is 0 Å². The Labute approximate surface area is 190 Å². The number of halogens is 1. The second-order valence-corrected chi connectivity index (χ2v) is 11.6. The van der Waals surface area contributed by atoms with Crippen LogP contribution in [-0.4, -0.2) is 20.4 Å². The summed E-state index contributed by atoms with van der Waals surface area (Å²) in [4.78, 5) is 0. The van der Waals surface area contributed by atoms with E-state index in [0.717, 1.165) is 11.9 Å². The monoisotopic (exact) mass is 445 g/mol. The van der Waals surface area contributed by atoms with Crippen molar-refractivity contribution in [1.29, 1.82) is 0 Å². The molecule has 0 amide bonds. The van der Waals surface area contributed by atoms with Gasteiger partial charge >= 0.3 is 190 Å². The van der Waals surface area contributed by atoms with Crippen LogP contribution in [0.5, 0.6) is 11.5 Å². The van der Waals surface area contributed by atoms with Crippen molar-refractivity contribution < 1.29 is 13.9 Å². The average Bonchev–Trinajstić information content (AvgIpc) is 2.87. The first-order valence-electron chi connectivity index (χ1n) is 10.8. The van der Waals surface area contributed by atoms with Gasteiger partial charge in [0.25, 0.3) is 0 Å². The first kappa shape index (κ1) is 22.0. The Bertz CT molecular complexity index is 1080. The summed E-state index contributed by atoms with van der Waals surface area (Å²) < 4.78 is 23.8. The Hall–Kier alpha value is -3.16. The molecule has 0 radical (unpaired) electrons. The van der Waals surface area contributed by atoms with Crippen LogP contribution in [0.4, 0.5) is 4.39 Å². The average molecular weight is 446 g/mol. The van der Waals surface area contributed by atoms with E-state index in [-0.39, 0.29) is 6.61 Å². The van der Waals surface area contributed by atoms with Crippen LogP contribution in [0.15, 0.2) is 109 Å². The van der Waals surface area contributed by atoms with E-state index in [1.807, 2.05) is 24.3 Å². The number of hydrogen-bond donors (Lipinski definition) is 0. The summed E-state index contributed by atoms with van der Waals surface area (Å²) in [7, 11) is -0.792. The molecule has 0 atom stereocenters. The first-order chi connectivity index (χ1) is 15.8. The maximum absolute atomic E-state index is 12.8. The van der Waals surface area contributed by atoms with Crippen molar-refractivity contribution in [2.45, 2.75) is 6.16 Å². The summed E-state index contributed by atoms with van der Waals surface area (Å²) in [5.41, 5.74) is 1.25. The van der Waals surface area contributed by atoms with Gasteiger partial charge in [0.05, 0.1) is 0 Å². The van der Waals surface area contributed by atoms with Gasteiger partial charge in [-0.1, -0.05) is 0 Å².